The van der Waals surface area contributed by atoms with Gasteiger partial charge in [-0.3, -0.25) is 4.79 Å². The van der Waals surface area contributed by atoms with Crippen LogP contribution in [0.5, 0.6) is 0 Å². The number of aryl methyl sites for hydroxylation is 2. The lowest BCUT2D eigenvalue weighted by atomic mass is 10.3. The molecule has 2 heterocycles. The fourth-order valence-corrected chi connectivity index (χ4v) is 2.55. The van der Waals surface area contributed by atoms with E-state index in [9.17, 15) is 4.79 Å². The number of nitrogens with zero attached hydrogens (tertiary/aromatic N) is 4. The van der Waals surface area contributed by atoms with Gasteiger partial charge in [0.1, 0.15) is 12.0 Å². The summed E-state index contributed by atoms with van der Waals surface area (Å²) in [6, 6.07) is -0.232. The standard InChI is InChI=1S/C13H19N5O2S/c1-9(15-13(19)11-7-21-10(2)16-11)12-17-14-8-18(12)5-4-6-20-3/h7-9H,4-6H2,1-3H3,(H,15,19). The van der Waals surface area contributed by atoms with E-state index in [1.165, 1.54) is 11.3 Å². The third kappa shape index (κ3) is 4.08. The van der Waals surface area contributed by atoms with Crippen LogP contribution in [0.4, 0.5) is 0 Å². The zero-order chi connectivity index (χ0) is 15.2. The molecule has 2 aromatic rings. The second kappa shape index (κ2) is 7.28. The molecule has 0 aliphatic carbocycles. The van der Waals surface area contributed by atoms with Crippen LogP contribution in [0, 0.1) is 6.92 Å². The normalized spacial score (nSPS) is 12.3. The van der Waals surface area contributed by atoms with Crippen molar-refractivity contribution in [2.75, 3.05) is 13.7 Å². The Labute approximate surface area is 127 Å². The van der Waals surface area contributed by atoms with Gasteiger partial charge in [0, 0.05) is 25.6 Å². The van der Waals surface area contributed by atoms with Gasteiger partial charge in [-0.05, 0) is 20.3 Å². The highest BCUT2D eigenvalue weighted by Gasteiger charge is 2.17. The molecule has 0 aliphatic rings. The summed E-state index contributed by atoms with van der Waals surface area (Å²) in [5, 5.41) is 13.5. The predicted octanol–water partition coefficient (Wildman–Crippen LogP) is 1.57. The van der Waals surface area contributed by atoms with Gasteiger partial charge >= 0.3 is 0 Å². The lowest BCUT2D eigenvalue weighted by Crippen LogP contribution is -2.29. The van der Waals surface area contributed by atoms with Crippen molar-refractivity contribution >= 4 is 17.2 Å². The molecule has 8 heteroatoms. The third-order valence-electron chi connectivity index (χ3n) is 2.98. The molecule has 0 saturated heterocycles. The zero-order valence-electron chi connectivity index (χ0n) is 12.4. The third-order valence-corrected chi connectivity index (χ3v) is 3.75. The number of methoxy groups -OCH3 is 1. The summed E-state index contributed by atoms with van der Waals surface area (Å²) in [6.45, 7) is 5.19. The van der Waals surface area contributed by atoms with Crippen molar-refractivity contribution in [1.82, 2.24) is 25.1 Å². The molecule has 0 saturated carbocycles. The van der Waals surface area contributed by atoms with Crippen molar-refractivity contribution in [2.45, 2.75) is 32.9 Å². The molecule has 1 amide bonds. The van der Waals surface area contributed by atoms with E-state index in [0.29, 0.717) is 12.3 Å². The molecule has 114 valence electrons. The van der Waals surface area contributed by atoms with E-state index in [0.717, 1.165) is 23.8 Å². The van der Waals surface area contributed by atoms with Gasteiger partial charge < -0.3 is 14.6 Å². The van der Waals surface area contributed by atoms with Gasteiger partial charge in [0.2, 0.25) is 0 Å². The van der Waals surface area contributed by atoms with Crippen molar-refractivity contribution in [3.8, 4) is 0 Å². The topological polar surface area (TPSA) is 81.9 Å². The minimum Gasteiger partial charge on any atom is -0.385 e. The number of amides is 1. The van der Waals surface area contributed by atoms with E-state index in [4.69, 9.17) is 4.74 Å². The molecule has 1 atom stereocenters. The highest BCUT2D eigenvalue weighted by atomic mass is 32.1. The molecule has 0 bridgehead atoms. The first-order chi connectivity index (χ1) is 10.1. The number of carbonyl (C=O) groups is 1. The number of thiazole rings is 1. The van der Waals surface area contributed by atoms with Gasteiger partial charge in [0.25, 0.3) is 5.91 Å². The molecule has 21 heavy (non-hydrogen) atoms. The fourth-order valence-electron chi connectivity index (χ4n) is 1.95. The Bertz CT molecular complexity index is 595. The van der Waals surface area contributed by atoms with E-state index in [1.54, 1.807) is 18.8 Å². The van der Waals surface area contributed by atoms with Crippen molar-refractivity contribution in [3.05, 3.63) is 28.2 Å². The quantitative estimate of drug-likeness (QED) is 0.785. The average Bonchev–Trinajstić information content (AvgIpc) is 3.08. The summed E-state index contributed by atoms with van der Waals surface area (Å²) in [5.74, 6) is 0.532. The van der Waals surface area contributed by atoms with Crippen molar-refractivity contribution in [1.29, 1.82) is 0 Å². The summed E-state index contributed by atoms with van der Waals surface area (Å²) in [4.78, 5) is 16.3. The molecule has 7 nitrogen and oxygen atoms in total. The number of rotatable bonds is 7. The van der Waals surface area contributed by atoms with E-state index >= 15 is 0 Å². The molecule has 0 spiro atoms. The number of aromatic nitrogens is 4. The van der Waals surface area contributed by atoms with Crippen LogP contribution in [0.1, 0.15) is 40.7 Å². The second-order valence-electron chi connectivity index (χ2n) is 4.68. The van der Waals surface area contributed by atoms with E-state index in [-0.39, 0.29) is 11.9 Å². The molecule has 1 N–H and O–H groups in total. The van der Waals surface area contributed by atoms with E-state index in [2.05, 4.69) is 20.5 Å². The smallest absolute Gasteiger partial charge is 0.271 e. The largest absolute Gasteiger partial charge is 0.385 e. The lowest BCUT2D eigenvalue weighted by Gasteiger charge is -2.14. The Morgan fingerprint density at radius 2 is 2.38 bits per heavy atom. The van der Waals surface area contributed by atoms with Crippen LogP contribution < -0.4 is 5.32 Å². The minimum atomic E-state index is -0.232. The molecule has 0 fully saturated rings. The Morgan fingerprint density at radius 1 is 1.57 bits per heavy atom. The monoisotopic (exact) mass is 309 g/mol. The number of nitrogens with one attached hydrogen (secondary N) is 1. The summed E-state index contributed by atoms with van der Waals surface area (Å²) < 4.78 is 6.96. The predicted molar refractivity (Wildman–Crippen MR) is 79.2 cm³/mol. The Kier molecular flexibility index (Phi) is 5.40. The summed E-state index contributed by atoms with van der Waals surface area (Å²) in [5.41, 5.74) is 0.440. The van der Waals surface area contributed by atoms with E-state index in [1.807, 2.05) is 18.4 Å². The SMILES string of the molecule is COCCCn1cnnc1C(C)NC(=O)c1csc(C)n1. The van der Waals surface area contributed by atoms with Gasteiger partial charge in [-0.2, -0.15) is 0 Å². The Morgan fingerprint density at radius 3 is 3.05 bits per heavy atom. The van der Waals surface area contributed by atoms with Crippen LogP contribution in [0.2, 0.25) is 0 Å². The molecule has 0 aromatic carbocycles. The number of hydrogen-bond donors (Lipinski definition) is 1. The Hall–Kier alpha value is -1.80. The summed E-state index contributed by atoms with van der Waals surface area (Å²) in [7, 11) is 1.67. The van der Waals surface area contributed by atoms with Crippen LogP contribution in [-0.4, -0.2) is 39.4 Å². The highest BCUT2D eigenvalue weighted by molar-refractivity contribution is 7.09. The zero-order valence-corrected chi connectivity index (χ0v) is 13.2. The van der Waals surface area contributed by atoms with Crippen LogP contribution in [0.3, 0.4) is 0 Å². The van der Waals surface area contributed by atoms with Crippen LogP contribution in [0.15, 0.2) is 11.7 Å². The van der Waals surface area contributed by atoms with E-state index < -0.39 is 0 Å². The van der Waals surface area contributed by atoms with Crippen LogP contribution in [-0.2, 0) is 11.3 Å². The van der Waals surface area contributed by atoms with Gasteiger partial charge in [-0.15, -0.1) is 21.5 Å². The molecular weight excluding hydrogens is 290 g/mol. The number of carbonyl (C=O) groups excluding carboxylic acids is 1. The second-order valence-corrected chi connectivity index (χ2v) is 5.74. The van der Waals surface area contributed by atoms with Crippen molar-refractivity contribution < 1.29 is 9.53 Å². The maximum absolute atomic E-state index is 12.1. The summed E-state index contributed by atoms with van der Waals surface area (Å²) in [6.07, 6.45) is 2.54. The minimum absolute atomic E-state index is 0.196. The number of hydrogen-bond acceptors (Lipinski definition) is 6. The first-order valence-electron chi connectivity index (χ1n) is 6.71. The van der Waals surface area contributed by atoms with Gasteiger partial charge in [-0.1, -0.05) is 0 Å². The Balaban J connectivity index is 1.98. The molecule has 1 unspecified atom stereocenters. The van der Waals surface area contributed by atoms with Crippen molar-refractivity contribution in [3.63, 3.8) is 0 Å². The maximum atomic E-state index is 12.1. The average molecular weight is 309 g/mol. The van der Waals surface area contributed by atoms with Crippen LogP contribution in [0.25, 0.3) is 0 Å². The molecular formula is C13H19N5O2S. The molecule has 2 aromatic heterocycles. The first kappa shape index (κ1) is 15.6. The lowest BCUT2D eigenvalue weighted by molar-refractivity contribution is 0.0933. The highest BCUT2D eigenvalue weighted by Crippen LogP contribution is 2.12. The first-order valence-corrected chi connectivity index (χ1v) is 7.59. The van der Waals surface area contributed by atoms with Gasteiger partial charge in [0.05, 0.1) is 11.0 Å². The number of ether oxygens (including phenoxy) is 1. The van der Waals surface area contributed by atoms with Gasteiger partial charge in [-0.25, -0.2) is 4.98 Å². The molecule has 0 aliphatic heterocycles. The molecule has 2 rings (SSSR count). The van der Waals surface area contributed by atoms with Crippen LogP contribution >= 0.6 is 11.3 Å². The van der Waals surface area contributed by atoms with Crippen molar-refractivity contribution in [2.24, 2.45) is 0 Å². The fraction of sp³-hybridized carbons (Fsp3) is 0.538. The maximum Gasteiger partial charge on any atom is 0.271 e. The molecule has 0 radical (unpaired) electrons. The summed E-state index contributed by atoms with van der Waals surface area (Å²) >= 11 is 1.46. The van der Waals surface area contributed by atoms with Gasteiger partial charge in [0.15, 0.2) is 5.82 Å².